The maximum Gasteiger partial charge on any atom is 0.273 e. The number of nitrogens with one attached hydrogen (secondary N) is 1. The third-order valence-electron chi connectivity index (χ3n) is 1.71. The van der Waals surface area contributed by atoms with Crippen molar-refractivity contribution in [1.82, 2.24) is 14.1 Å². The first-order valence-corrected chi connectivity index (χ1v) is 4.66. The molecule has 1 amide bonds. The van der Waals surface area contributed by atoms with E-state index >= 15 is 0 Å². The Kier molecular flexibility index (Phi) is 3.50. The Morgan fingerprint density at radius 2 is 2.29 bits per heavy atom. The summed E-state index contributed by atoms with van der Waals surface area (Å²) in [7, 11) is 0. The van der Waals surface area contributed by atoms with Crippen molar-refractivity contribution >= 4 is 17.6 Å². The number of hydrogen-bond donors (Lipinski definition) is 3. The summed E-state index contributed by atoms with van der Waals surface area (Å²) in [5, 5.41) is 20.3. The average molecular weight is 217 g/mol. The molecule has 0 unspecified atom stereocenters. The quantitative estimate of drug-likeness (QED) is 0.602. The summed E-state index contributed by atoms with van der Waals surface area (Å²) in [6, 6.07) is 0. The number of carbonyl (C=O) groups is 1. The molecule has 0 aliphatic rings. The molecule has 1 rings (SSSR count). The lowest BCUT2D eigenvalue weighted by Crippen LogP contribution is -2.51. The van der Waals surface area contributed by atoms with E-state index < -0.39 is 11.4 Å². The van der Waals surface area contributed by atoms with Crippen LogP contribution in [0, 0.1) is 0 Å². The van der Waals surface area contributed by atoms with Gasteiger partial charge in [0.15, 0.2) is 5.69 Å². The minimum atomic E-state index is -1.03. The van der Waals surface area contributed by atoms with Crippen LogP contribution in [-0.4, -0.2) is 43.6 Å². The molecule has 78 valence electrons. The predicted molar refractivity (Wildman–Crippen MR) is 50.0 cm³/mol. The Balaban J connectivity index is 2.65. The Hall–Kier alpha value is -1.05. The van der Waals surface area contributed by atoms with Crippen LogP contribution >= 0.6 is 11.7 Å². The van der Waals surface area contributed by atoms with E-state index in [0.717, 1.165) is 11.7 Å². The first kappa shape index (κ1) is 11.0. The van der Waals surface area contributed by atoms with E-state index in [9.17, 15) is 4.79 Å². The topological polar surface area (TPSA) is 95.3 Å². The maximum atomic E-state index is 11.4. The minimum absolute atomic E-state index is 0.183. The Morgan fingerprint density at radius 3 is 2.71 bits per heavy atom. The number of rotatable bonds is 4. The molecule has 0 aliphatic heterocycles. The van der Waals surface area contributed by atoms with Crippen LogP contribution in [0.1, 0.15) is 17.4 Å². The van der Waals surface area contributed by atoms with Crippen molar-refractivity contribution in [2.75, 3.05) is 13.2 Å². The number of amides is 1. The van der Waals surface area contributed by atoms with E-state index in [0.29, 0.717) is 0 Å². The zero-order valence-electron chi connectivity index (χ0n) is 7.60. The minimum Gasteiger partial charge on any atom is -0.394 e. The van der Waals surface area contributed by atoms with E-state index in [-0.39, 0.29) is 18.9 Å². The Morgan fingerprint density at radius 1 is 1.64 bits per heavy atom. The Labute approximate surface area is 84.9 Å². The number of aromatic nitrogens is 2. The van der Waals surface area contributed by atoms with Crippen molar-refractivity contribution in [3.63, 3.8) is 0 Å². The fourth-order valence-electron chi connectivity index (χ4n) is 0.732. The van der Waals surface area contributed by atoms with E-state index in [4.69, 9.17) is 10.2 Å². The van der Waals surface area contributed by atoms with E-state index in [1.54, 1.807) is 0 Å². The highest BCUT2D eigenvalue weighted by atomic mass is 32.1. The van der Waals surface area contributed by atoms with Crippen LogP contribution < -0.4 is 5.32 Å². The maximum absolute atomic E-state index is 11.4. The summed E-state index contributed by atoms with van der Waals surface area (Å²) < 4.78 is 7.39. The molecular formula is C7H11N3O3S. The highest BCUT2D eigenvalue weighted by Gasteiger charge is 2.25. The zero-order chi connectivity index (χ0) is 10.6. The van der Waals surface area contributed by atoms with Gasteiger partial charge in [0, 0.05) is 0 Å². The molecule has 6 nitrogen and oxygen atoms in total. The normalized spacial score (nSPS) is 11.4. The summed E-state index contributed by atoms with van der Waals surface area (Å²) in [5.41, 5.74) is -0.844. The number of aliphatic hydroxyl groups excluding tert-OH is 2. The fourth-order valence-corrected chi connectivity index (χ4v) is 1.14. The molecule has 1 aromatic heterocycles. The molecule has 7 heteroatoms. The molecule has 0 saturated heterocycles. The van der Waals surface area contributed by atoms with E-state index in [2.05, 4.69) is 14.1 Å². The largest absolute Gasteiger partial charge is 0.394 e. The monoisotopic (exact) mass is 217 g/mol. The van der Waals surface area contributed by atoms with Crippen LogP contribution in [0.25, 0.3) is 0 Å². The van der Waals surface area contributed by atoms with Gasteiger partial charge in [-0.3, -0.25) is 4.79 Å². The van der Waals surface area contributed by atoms with Crippen LogP contribution in [-0.2, 0) is 0 Å². The predicted octanol–water partition coefficient (Wildman–Crippen LogP) is -0.989. The molecule has 0 radical (unpaired) electrons. The van der Waals surface area contributed by atoms with Gasteiger partial charge in [0.25, 0.3) is 5.91 Å². The van der Waals surface area contributed by atoms with E-state index in [1.807, 2.05) is 0 Å². The molecule has 0 aliphatic carbocycles. The second-order valence-electron chi connectivity index (χ2n) is 3.12. The van der Waals surface area contributed by atoms with Crippen LogP contribution in [0.2, 0.25) is 0 Å². The lowest BCUT2D eigenvalue weighted by molar-refractivity contribution is 0.0720. The summed E-state index contributed by atoms with van der Waals surface area (Å²) in [4.78, 5) is 11.4. The van der Waals surface area contributed by atoms with Gasteiger partial charge < -0.3 is 15.5 Å². The lowest BCUT2D eigenvalue weighted by atomic mass is 10.1. The SMILES string of the molecule is CC(CO)(CO)NC(=O)c1cnsn1. The van der Waals surface area contributed by atoms with Crippen LogP contribution in [0.15, 0.2) is 6.20 Å². The molecule has 0 saturated carbocycles. The molecule has 0 fully saturated rings. The molecule has 1 heterocycles. The summed E-state index contributed by atoms with van der Waals surface area (Å²) in [6.45, 7) is 0.851. The molecular weight excluding hydrogens is 206 g/mol. The molecule has 3 N–H and O–H groups in total. The zero-order valence-corrected chi connectivity index (χ0v) is 8.41. The van der Waals surface area contributed by atoms with Crippen LogP contribution in [0.4, 0.5) is 0 Å². The summed E-state index contributed by atoms with van der Waals surface area (Å²) in [5.74, 6) is -0.454. The number of aliphatic hydroxyl groups is 2. The molecule has 0 spiro atoms. The third kappa shape index (κ3) is 2.47. The molecule has 0 bridgehead atoms. The van der Waals surface area contributed by atoms with Gasteiger partial charge in [-0.05, 0) is 6.92 Å². The van der Waals surface area contributed by atoms with Crippen molar-refractivity contribution in [1.29, 1.82) is 0 Å². The smallest absolute Gasteiger partial charge is 0.273 e. The highest BCUT2D eigenvalue weighted by Crippen LogP contribution is 2.03. The van der Waals surface area contributed by atoms with Crippen molar-refractivity contribution in [3.05, 3.63) is 11.9 Å². The average Bonchev–Trinajstić information content (AvgIpc) is 2.70. The molecule has 0 atom stereocenters. The lowest BCUT2D eigenvalue weighted by Gasteiger charge is -2.25. The van der Waals surface area contributed by atoms with Gasteiger partial charge >= 0.3 is 0 Å². The van der Waals surface area contributed by atoms with E-state index in [1.165, 1.54) is 13.1 Å². The summed E-state index contributed by atoms with van der Waals surface area (Å²) in [6.07, 6.45) is 1.33. The Bertz CT molecular complexity index is 297. The third-order valence-corrected chi connectivity index (χ3v) is 2.19. The van der Waals surface area contributed by atoms with Crippen LogP contribution in [0.5, 0.6) is 0 Å². The van der Waals surface area contributed by atoms with Gasteiger partial charge in [0.2, 0.25) is 0 Å². The summed E-state index contributed by atoms with van der Waals surface area (Å²) >= 11 is 0.923. The first-order valence-electron chi connectivity index (χ1n) is 3.93. The number of nitrogens with zero attached hydrogens (tertiary/aromatic N) is 2. The standard InChI is InChI=1S/C7H11N3O3S/c1-7(3-11,4-12)9-6(13)5-2-8-14-10-5/h2,11-12H,3-4H2,1H3,(H,9,13). The highest BCUT2D eigenvalue weighted by molar-refractivity contribution is 6.99. The van der Waals surface area contributed by atoms with Gasteiger partial charge in [-0.15, -0.1) is 0 Å². The van der Waals surface area contributed by atoms with Gasteiger partial charge in [-0.1, -0.05) is 0 Å². The van der Waals surface area contributed by atoms with Gasteiger partial charge in [-0.25, -0.2) is 0 Å². The molecule has 0 aromatic carbocycles. The molecule has 1 aromatic rings. The van der Waals surface area contributed by atoms with Gasteiger partial charge in [-0.2, -0.15) is 8.75 Å². The van der Waals surface area contributed by atoms with Crippen molar-refractivity contribution < 1.29 is 15.0 Å². The fraction of sp³-hybridized carbons (Fsp3) is 0.571. The van der Waals surface area contributed by atoms with Crippen molar-refractivity contribution in [3.8, 4) is 0 Å². The molecule has 14 heavy (non-hydrogen) atoms. The number of hydrogen-bond acceptors (Lipinski definition) is 6. The second kappa shape index (κ2) is 4.45. The van der Waals surface area contributed by atoms with Gasteiger partial charge in [0.05, 0.1) is 36.7 Å². The van der Waals surface area contributed by atoms with Crippen LogP contribution in [0.3, 0.4) is 0 Å². The first-order chi connectivity index (χ1) is 6.61. The van der Waals surface area contributed by atoms with Crippen molar-refractivity contribution in [2.24, 2.45) is 0 Å². The number of carbonyl (C=O) groups excluding carboxylic acids is 1. The van der Waals surface area contributed by atoms with Gasteiger partial charge in [0.1, 0.15) is 0 Å². The second-order valence-corrected chi connectivity index (χ2v) is 3.68. The van der Waals surface area contributed by atoms with Crippen molar-refractivity contribution in [2.45, 2.75) is 12.5 Å².